The SMILES string of the molecule is CCNCC1O[B]c2ccccc21. The summed E-state index contributed by atoms with van der Waals surface area (Å²) in [6.45, 7) is 3.98. The average molecular weight is 174 g/mol. The van der Waals surface area contributed by atoms with E-state index >= 15 is 0 Å². The highest BCUT2D eigenvalue weighted by molar-refractivity contribution is 6.49. The fourth-order valence-electron chi connectivity index (χ4n) is 1.57. The number of rotatable bonds is 3. The van der Waals surface area contributed by atoms with Crippen LogP contribution in [0.25, 0.3) is 0 Å². The Morgan fingerprint density at radius 3 is 3.15 bits per heavy atom. The minimum atomic E-state index is 0.205. The van der Waals surface area contributed by atoms with E-state index in [2.05, 4.69) is 30.4 Å². The Balaban J connectivity index is 2.09. The molecule has 0 saturated heterocycles. The molecule has 3 heteroatoms. The first-order chi connectivity index (χ1) is 6.42. The van der Waals surface area contributed by atoms with Gasteiger partial charge in [-0.3, -0.25) is 0 Å². The third-order valence-electron chi connectivity index (χ3n) is 2.28. The van der Waals surface area contributed by atoms with Gasteiger partial charge in [-0.2, -0.15) is 0 Å². The van der Waals surface area contributed by atoms with Gasteiger partial charge in [-0.1, -0.05) is 31.2 Å². The fourth-order valence-corrected chi connectivity index (χ4v) is 1.57. The number of benzene rings is 1. The van der Waals surface area contributed by atoms with E-state index in [0.29, 0.717) is 0 Å². The zero-order valence-electron chi connectivity index (χ0n) is 7.79. The van der Waals surface area contributed by atoms with Crippen molar-refractivity contribution >= 4 is 12.9 Å². The van der Waals surface area contributed by atoms with Crippen molar-refractivity contribution in [2.75, 3.05) is 13.1 Å². The van der Waals surface area contributed by atoms with Gasteiger partial charge < -0.3 is 9.97 Å². The molecular weight excluding hydrogens is 161 g/mol. The highest BCUT2D eigenvalue weighted by Crippen LogP contribution is 2.18. The molecule has 1 N–H and O–H groups in total. The lowest BCUT2D eigenvalue weighted by Crippen LogP contribution is -2.21. The van der Waals surface area contributed by atoms with Gasteiger partial charge in [0, 0.05) is 6.54 Å². The Morgan fingerprint density at radius 1 is 1.46 bits per heavy atom. The Kier molecular flexibility index (Phi) is 2.66. The second-order valence-corrected chi connectivity index (χ2v) is 3.18. The first-order valence-electron chi connectivity index (χ1n) is 4.70. The molecule has 2 nitrogen and oxygen atoms in total. The minimum absolute atomic E-state index is 0.205. The van der Waals surface area contributed by atoms with E-state index in [9.17, 15) is 0 Å². The Hall–Kier alpha value is -0.795. The summed E-state index contributed by atoms with van der Waals surface area (Å²) in [7, 11) is 1.84. The van der Waals surface area contributed by atoms with Gasteiger partial charge in [0.05, 0.1) is 6.10 Å². The van der Waals surface area contributed by atoms with Crippen molar-refractivity contribution in [3.05, 3.63) is 29.8 Å². The summed E-state index contributed by atoms with van der Waals surface area (Å²) < 4.78 is 5.54. The maximum atomic E-state index is 5.54. The topological polar surface area (TPSA) is 21.3 Å². The van der Waals surface area contributed by atoms with Gasteiger partial charge in [0.1, 0.15) is 0 Å². The van der Waals surface area contributed by atoms with E-state index in [4.69, 9.17) is 4.65 Å². The number of likely N-dealkylation sites (N-methyl/N-ethyl adjacent to an activating group) is 1. The van der Waals surface area contributed by atoms with Crippen LogP contribution in [-0.4, -0.2) is 20.6 Å². The van der Waals surface area contributed by atoms with Crippen LogP contribution in [-0.2, 0) is 4.65 Å². The van der Waals surface area contributed by atoms with Gasteiger partial charge in [-0.05, 0) is 17.6 Å². The molecule has 0 amide bonds. The molecule has 0 aromatic heterocycles. The van der Waals surface area contributed by atoms with Crippen molar-refractivity contribution in [2.45, 2.75) is 13.0 Å². The van der Waals surface area contributed by atoms with Crippen LogP contribution in [0.3, 0.4) is 0 Å². The number of fused-ring (bicyclic) bond motifs is 1. The standard InChI is InChI=1S/C10H13BNO/c1-2-12-7-10-8-5-3-4-6-9(8)11-13-10/h3-6,10,12H,2,7H2,1H3. The molecule has 1 aliphatic rings. The summed E-state index contributed by atoms with van der Waals surface area (Å²) >= 11 is 0. The van der Waals surface area contributed by atoms with E-state index in [1.54, 1.807) is 0 Å². The molecule has 13 heavy (non-hydrogen) atoms. The van der Waals surface area contributed by atoms with Crippen LogP contribution in [0, 0.1) is 0 Å². The summed E-state index contributed by atoms with van der Waals surface area (Å²) in [6, 6.07) is 8.30. The Morgan fingerprint density at radius 2 is 2.31 bits per heavy atom. The third-order valence-corrected chi connectivity index (χ3v) is 2.28. The van der Waals surface area contributed by atoms with Crippen molar-refractivity contribution in [3.63, 3.8) is 0 Å². The zero-order chi connectivity index (χ0) is 9.10. The molecule has 1 radical (unpaired) electrons. The van der Waals surface area contributed by atoms with Gasteiger partial charge in [0.25, 0.3) is 0 Å². The van der Waals surface area contributed by atoms with Crippen LogP contribution >= 0.6 is 0 Å². The van der Waals surface area contributed by atoms with Crippen molar-refractivity contribution < 1.29 is 4.65 Å². The number of hydrogen-bond donors (Lipinski definition) is 1. The molecule has 1 aliphatic heterocycles. The molecule has 2 rings (SSSR count). The Labute approximate surface area is 79.6 Å². The third kappa shape index (κ3) is 1.76. The van der Waals surface area contributed by atoms with Crippen molar-refractivity contribution in [1.82, 2.24) is 5.32 Å². The number of nitrogens with one attached hydrogen (secondary N) is 1. The van der Waals surface area contributed by atoms with Gasteiger partial charge in [0.2, 0.25) is 0 Å². The monoisotopic (exact) mass is 174 g/mol. The highest BCUT2D eigenvalue weighted by atomic mass is 16.4. The van der Waals surface area contributed by atoms with E-state index in [-0.39, 0.29) is 6.10 Å². The summed E-state index contributed by atoms with van der Waals surface area (Å²) in [5, 5.41) is 3.29. The molecule has 1 atom stereocenters. The van der Waals surface area contributed by atoms with E-state index in [0.717, 1.165) is 13.1 Å². The summed E-state index contributed by atoms with van der Waals surface area (Å²) in [5.41, 5.74) is 2.51. The van der Waals surface area contributed by atoms with Crippen LogP contribution < -0.4 is 10.8 Å². The maximum Gasteiger partial charge on any atom is 0.331 e. The number of hydrogen-bond acceptors (Lipinski definition) is 2. The molecule has 0 aliphatic carbocycles. The van der Waals surface area contributed by atoms with Gasteiger partial charge in [-0.25, -0.2) is 0 Å². The predicted molar refractivity (Wildman–Crippen MR) is 54.2 cm³/mol. The normalized spacial score (nSPS) is 19.6. The lowest BCUT2D eigenvalue weighted by atomic mass is 9.87. The van der Waals surface area contributed by atoms with E-state index in [1.807, 2.05) is 13.5 Å². The van der Waals surface area contributed by atoms with Crippen molar-refractivity contribution in [2.24, 2.45) is 0 Å². The molecule has 1 heterocycles. The molecule has 0 spiro atoms. The molecule has 1 unspecified atom stereocenters. The van der Waals surface area contributed by atoms with E-state index in [1.165, 1.54) is 11.0 Å². The molecular formula is C10H13BNO. The van der Waals surface area contributed by atoms with Gasteiger partial charge in [-0.15, -0.1) is 0 Å². The van der Waals surface area contributed by atoms with Crippen LogP contribution in [0.4, 0.5) is 0 Å². The zero-order valence-corrected chi connectivity index (χ0v) is 7.79. The van der Waals surface area contributed by atoms with Crippen LogP contribution in [0.1, 0.15) is 18.6 Å². The first kappa shape index (κ1) is 8.79. The lowest BCUT2D eigenvalue weighted by molar-refractivity contribution is 0.230. The Bertz CT molecular complexity index is 290. The van der Waals surface area contributed by atoms with Crippen LogP contribution in [0.5, 0.6) is 0 Å². The first-order valence-corrected chi connectivity index (χ1v) is 4.70. The lowest BCUT2D eigenvalue weighted by Gasteiger charge is -2.11. The van der Waals surface area contributed by atoms with Crippen LogP contribution in [0.2, 0.25) is 0 Å². The minimum Gasteiger partial charge on any atom is -0.426 e. The molecule has 0 saturated carbocycles. The smallest absolute Gasteiger partial charge is 0.331 e. The fraction of sp³-hybridized carbons (Fsp3) is 0.400. The second-order valence-electron chi connectivity index (χ2n) is 3.18. The highest BCUT2D eigenvalue weighted by Gasteiger charge is 2.22. The van der Waals surface area contributed by atoms with E-state index < -0.39 is 0 Å². The summed E-state index contributed by atoms with van der Waals surface area (Å²) in [5.74, 6) is 0. The molecule has 0 fully saturated rings. The summed E-state index contributed by atoms with van der Waals surface area (Å²) in [6.07, 6.45) is 0.205. The molecule has 1 aromatic carbocycles. The maximum absolute atomic E-state index is 5.54. The second kappa shape index (κ2) is 3.94. The molecule has 1 aromatic rings. The van der Waals surface area contributed by atoms with Crippen molar-refractivity contribution in [1.29, 1.82) is 0 Å². The molecule has 67 valence electrons. The quantitative estimate of drug-likeness (QED) is 0.678. The average Bonchev–Trinajstić information content (AvgIpc) is 2.58. The van der Waals surface area contributed by atoms with Gasteiger partial charge in [0.15, 0.2) is 0 Å². The summed E-state index contributed by atoms with van der Waals surface area (Å²) in [4.78, 5) is 0. The largest absolute Gasteiger partial charge is 0.426 e. The predicted octanol–water partition coefficient (Wildman–Crippen LogP) is 0.612. The van der Waals surface area contributed by atoms with Gasteiger partial charge >= 0.3 is 7.48 Å². The van der Waals surface area contributed by atoms with Crippen molar-refractivity contribution in [3.8, 4) is 0 Å². The van der Waals surface area contributed by atoms with Crippen LogP contribution in [0.15, 0.2) is 24.3 Å². The molecule has 0 bridgehead atoms.